The SMILES string of the molecule is Cc1cccc(C(=O)N2CCNCC2c2cccc(Cl)c2)n1. The molecule has 1 aromatic heterocycles. The van der Waals surface area contributed by atoms with Gasteiger partial charge in [0.25, 0.3) is 5.91 Å². The van der Waals surface area contributed by atoms with Gasteiger partial charge in [-0.25, -0.2) is 4.98 Å². The van der Waals surface area contributed by atoms with Crippen molar-refractivity contribution in [3.05, 3.63) is 64.4 Å². The number of nitrogens with one attached hydrogen (secondary N) is 1. The number of halogens is 1. The van der Waals surface area contributed by atoms with Gasteiger partial charge in [-0.15, -0.1) is 0 Å². The zero-order valence-electron chi connectivity index (χ0n) is 12.4. The van der Waals surface area contributed by atoms with Crippen LogP contribution in [-0.4, -0.2) is 35.4 Å². The summed E-state index contributed by atoms with van der Waals surface area (Å²) in [5.74, 6) is -0.0322. The Bertz CT molecular complexity index is 689. The van der Waals surface area contributed by atoms with Crippen LogP contribution in [0.15, 0.2) is 42.5 Å². The number of benzene rings is 1. The Morgan fingerprint density at radius 2 is 2.14 bits per heavy atom. The lowest BCUT2D eigenvalue weighted by Gasteiger charge is -2.36. The van der Waals surface area contributed by atoms with E-state index in [9.17, 15) is 4.79 Å². The molecule has 114 valence electrons. The van der Waals surface area contributed by atoms with Crippen molar-refractivity contribution in [1.82, 2.24) is 15.2 Å². The van der Waals surface area contributed by atoms with Crippen molar-refractivity contribution in [2.24, 2.45) is 0 Å². The van der Waals surface area contributed by atoms with Gasteiger partial charge in [0, 0.05) is 30.4 Å². The summed E-state index contributed by atoms with van der Waals surface area (Å²) in [6, 6.07) is 13.2. The fourth-order valence-corrected chi connectivity index (χ4v) is 2.97. The van der Waals surface area contributed by atoms with Gasteiger partial charge < -0.3 is 10.2 Å². The quantitative estimate of drug-likeness (QED) is 0.927. The first-order valence-electron chi connectivity index (χ1n) is 7.36. The summed E-state index contributed by atoms with van der Waals surface area (Å²) in [5, 5.41) is 4.03. The summed E-state index contributed by atoms with van der Waals surface area (Å²) in [6.07, 6.45) is 0. The summed E-state index contributed by atoms with van der Waals surface area (Å²) >= 11 is 6.09. The number of carbonyl (C=O) groups is 1. The second-order valence-electron chi connectivity index (χ2n) is 5.44. The largest absolute Gasteiger partial charge is 0.328 e. The van der Waals surface area contributed by atoms with E-state index in [0.717, 1.165) is 24.3 Å². The van der Waals surface area contributed by atoms with E-state index in [4.69, 9.17) is 11.6 Å². The molecule has 0 radical (unpaired) electrons. The maximum atomic E-state index is 12.8. The fraction of sp³-hybridized carbons (Fsp3) is 0.294. The Labute approximate surface area is 135 Å². The molecule has 4 nitrogen and oxygen atoms in total. The van der Waals surface area contributed by atoms with Crippen LogP contribution in [0.25, 0.3) is 0 Å². The van der Waals surface area contributed by atoms with Crippen molar-refractivity contribution in [3.8, 4) is 0 Å². The van der Waals surface area contributed by atoms with Crippen molar-refractivity contribution in [3.63, 3.8) is 0 Å². The molecule has 1 saturated heterocycles. The van der Waals surface area contributed by atoms with Gasteiger partial charge in [0.1, 0.15) is 5.69 Å². The van der Waals surface area contributed by atoms with Crippen molar-refractivity contribution in [2.75, 3.05) is 19.6 Å². The molecule has 2 aromatic rings. The third-order valence-corrected chi connectivity index (χ3v) is 4.08. The number of pyridine rings is 1. The molecule has 0 aliphatic carbocycles. The van der Waals surface area contributed by atoms with E-state index in [1.54, 1.807) is 6.07 Å². The van der Waals surface area contributed by atoms with E-state index in [1.165, 1.54) is 0 Å². The number of nitrogens with zero attached hydrogens (tertiary/aromatic N) is 2. The molecule has 1 unspecified atom stereocenters. The maximum Gasteiger partial charge on any atom is 0.273 e. The average molecular weight is 316 g/mol. The molecule has 1 atom stereocenters. The Balaban J connectivity index is 1.91. The number of piperazine rings is 1. The Hall–Kier alpha value is -1.91. The molecule has 5 heteroatoms. The van der Waals surface area contributed by atoms with Crippen molar-refractivity contribution in [1.29, 1.82) is 0 Å². The van der Waals surface area contributed by atoms with Gasteiger partial charge in [-0.2, -0.15) is 0 Å². The van der Waals surface area contributed by atoms with Crippen LogP contribution >= 0.6 is 11.6 Å². The predicted octanol–water partition coefficient (Wildman–Crippen LogP) is 2.83. The lowest BCUT2D eigenvalue weighted by atomic mass is 10.0. The number of amides is 1. The van der Waals surface area contributed by atoms with Crippen LogP contribution in [0.1, 0.15) is 27.8 Å². The predicted molar refractivity (Wildman–Crippen MR) is 87.1 cm³/mol. The summed E-state index contributed by atoms with van der Waals surface area (Å²) in [6.45, 7) is 4.06. The van der Waals surface area contributed by atoms with Gasteiger partial charge in [-0.1, -0.05) is 29.8 Å². The lowest BCUT2D eigenvalue weighted by molar-refractivity contribution is 0.0628. The molecule has 1 amide bonds. The highest BCUT2D eigenvalue weighted by Gasteiger charge is 2.29. The van der Waals surface area contributed by atoms with E-state index in [2.05, 4.69) is 10.3 Å². The molecule has 0 saturated carbocycles. The zero-order valence-corrected chi connectivity index (χ0v) is 13.2. The van der Waals surface area contributed by atoms with Gasteiger partial charge in [-0.3, -0.25) is 4.79 Å². The molecule has 1 fully saturated rings. The molecule has 1 N–H and O–H groups in total. The number of rotatable bonds is 2. The highest BCUT2D eigenvalue weighted by Crippen LogP contribution is 2.25. The minimum atomic E-state index is -0.0322. The molecule has 0 spiro atoms. The van der Waals surface area contributed by atoms with E-state index >= 15 is 0 Å². The number of hydrogen-bond acceptors (Lipinski definition) is 3. The van der Waals surface area contributed by atoms with Crippen LogP contribution < -0.4 is 5.32 Å². The molecule has 22 heavy (non-hydrogen) atoms. The van der Waals surface area contributed by atoms with E-state index < -0.39 is 0 Å². The molecule has 1 aromatic carbocycles. The number of aromatic nitrogens is 1. The number of hydrogen-bond donors (Lipinski definition) is 1. The van der Waals surface area contributed by atoms with Crippen LogP contribution in [0.2, 0.25) is 5.02 Å². The van der Waals surface area contributed by atoms with Crippen molar-refractivity contribution in [2.45, 2.75) is 13.0 Å². The molecule has 2 heterocycles. The van der Waals surface area contributed by atoms with Gasteiger partial charge in [0.2, 0.25) is 0 Å². The monoisotopic (exact) mass is 315 g/mol. The van der Waals surface area contributed by atoms with Gasteiger partial charge >= 0.3 is 0 Å². The van der Waals surface area contributed by atoms with Crippen LogP contribution in [-0.2, 0) is 0 Å². The van der Waals surface area contributed by atoms with Crippen molar-refractivity contribution < 1.29 is 4.79 Å². The second kappa shape index (κ2) is 6.46. The minimum absolute atomic E-state index is 0.0257. The first-order valence-corrected chi connectivity index (χ1v) is 7.74. The number of aryl methyl sites for hydroxylation is 1. The van der Waals surface area contributed by atoms with Crippen LogP contribution in [0.3, 0.4) is 0 Å². The molecule has 3 rings (SSSR count). The standard InChI is InChI=1S/C17H18ClN3O/c1-12-4-2-7-15(20-12)17(22)21-9-8-19-11-16(21)13-5-3-6-14(18)10-13/h2-7,10,16,19H,8-9,11H2,1H3. The average Bonchev–Trinajstić information content (AvgIpc) is 2.54. The minimum Gasteiger partial charge on any atom is -0.328 e. The van der Waals surface area contributed by atoms with Crippen LogP contribution in [0.5, 0.6) is 0 Å². The van der Waals surface area contributed by atoms with E-state index in [0.29, 0.717) is 17.3 Å². The highest BCUT2D eigenvalue weighted by molar-refractivity contribution is 6.30. The van der Waals surface area contributed by atoms with Gasteiger partial charge in [0.05, 0.1) is 6.04 Å². The van der Waals surface area contributed by atoms with E-state index in [1.807, 2.05) is 48.2 Å². The summed E-state index contributed by atoms with van der Waals surface area (Å²) in [7, 11) is 0. The van der Waals surface area contributed by atoms with Crippen LogP contribution in [0.4, 0.5) is 0 Å². The zero-order chi connectivity index (χ0) is 15.5. The lowest BCUT2D eigenvalue weighted by Crippen LogP contribution is -2.48. The van der Waals surface area contributed by atoms with Crippen molar-refractivity contribution >= 4 is 17.5 Å². The molecule has 0 bridgehead atoms. The normalized spacial score (nSPS) is 18.3. The molecular formula is C17H18ClN3O. The van der Waals surface area contributed by atoms with E-state index in [-0.39, 0.29) is 11.9 Å². The Morgan fingerprint density at radius 3 is 2.91 bits per heavy atom. The van der Waals surface area contributed by atoms with Gasteiger partial charge in [-0.05, 0) is 36.8 Å². The first-order chi connectivity index (χ1) is 10.6. The molecule has 1 aliphatic rings. The molecular weight excluding hydrogens is 298 g/mol. The highest BCUT2D eigenvalue weighted by atomic mass is 35.5. The third-order valence-electron chi connectivity index (χ3n) is 3.85. The summed E-state index contributed by atoms with van der Waals surface area (Å²) < 4.78 is 0. The topological polar surface area (TPSA) is 45.2 Å². The third kappa shape index (κ3) is 3.13. The van der Waals surface area contributed by atoms with Crippen LogP contribution in [0, 0.1) is 6.92 Å². The second-order valence-corrected chi connectivity index (χ2v) is 5.87. The smallest absolute Gasteiger partial charge is 0.273 e. The summed E-state index contributed by atoms with van der Waals surface area (Å²) in [4.78, 5) is 19.1. The maximum absolute atomic E-state index is 12.8. The van der Waals surface area contributed by atoms with Gasteiger partial charge in [0.15, 0.2) is 0 Å². The molecule has 1 aliphatic heterocycles. The summed E-state index contributed by atoms with van der Waals surface area (Å²) in [5.41, 5.74) is 2.38. The fourth-order valence-electron chi connectivity index (χ4n) is 2.77. The Kier molecular flexibility index (Phi) is 4.41. The number of carbonyl (C=O) groups excluding carboxylic acids is 1. The first kappa shape index (κ1) is 15.0. The Morgan fingerprint density at radius 1 is 1.32 bits per heavy atom.